The number of hydrogen-bond acceptors (Lipinski definition) is 3. The number of carboxylic acid groups (broad SMARTS) is 1. The number of carboxylic acids is 1. The van der Waals surface area contributed by atoms with E-state index in [1.54, 1.807) is 0 Å². The molecule has 0 aliphatic heterocycles. The number of aliphatic carboxylic acids is 1. The Morgan fingerprint density at radius 3 is 1.81 bits per heavy atom. The van der Waals surface area contributed by atoms with Gasteiger partial charge in [-0.1, -0.05) is 52.4 Å². The molecular formula is C12H26N2O2. The Bertz CT molecular complexity index is 185. The molecule has 0 saturated carbocycles. The maximum Gasteiger partial charge on any atom is 0.325 e. The molecule has 4 nitrogen and oxygen atoms in total. The fraction of sp³-hybridized carbons (Fsp3) is 0.917. The molecule has 0 radical (unpaired) electrons. The van der Waals surface area contributed by atoms with Gasteiger partial charge in [-0.3, -0.25) is 10.6 Å². The van der Waals surface area contributed by atoms with Gasteiger partial charge in [0.1, 0.15) is 5.54 Å². The van der Waals surface area contributed by atoms with E-state index in [1.807, 2.05) is 0 Å². The predicted molar refractivity (Wildman–Crippen MR) is 66.0 cm³/mol. The van der Waals surface area contributed by atoms with E-state index >= 15 is 0 Å². The summed E-state index contributed by atoms with van der Waals surface area (Å²) in [5.41, 5.74) is 1.62. The third kappa shape index (κ3) is 4.94. The SMILES string of the molecule is CCCCCC(CCCCC)(NN)C(=O)O. The third-order valence-electron chi connectivity index (χ3n) is 3.10. The monoisotopic (exact) mass is 230 g/mol. The zero-order chi connectivity index (χ0) is 12.4. The van der Waals surface area contributed by atoms with E-state index in [9.17, 15) is 9.90 Å². The average molecular weight is 230 g/mol. The van der Waals surface area contributed by atoms with Crippen molar-refractivity contribution in [1.29, 1.82) is 0 Å². The first kappa shape index (κ1) is 15.4. The summed E-state index contributed by atoms with van der Waals surface area (Å²) in [6.45, 7) is 4.21. The first-order valence-corrected chi connectivity index (χ1v) is 6.34. The van der Waals surface area contributed by atoms with Crippen LogP contribution in [0.3, 0.4) is 0 Å². The van der Waals surface area contributed by atoms with Crippen molar-refractivity contribution in [1.82, 2.24) is 5.43 Å². The van der Waals surface area contributed by atoms with Crippen LogP contribution in [0.25, 0.3) is 0 Å². The van der Waals surface area contributed by atoms with Crippen molar-refractivity contribution in [2.24, 2.45) is 5.84 Å². The van der Waals surface area contributed by atoms with Crippen LogP contribution in [0.4, 0.5) is 0 Å². The Labute approximate surface area is 98.6 Å². The van der Waals surface area contributed by atoms with Crippen molar-refractivity contribution in [2.45, 2.75) is 70.8 Å². The molecule has 0 spiro atoms. The smallest absolute Gasteiger partial charge is 0.325 e. The molecule has 0 aliphatic rings. The fourth-order valence-electron chi connectivity index (χ4n) is 1.90. The number of nitrogens with one attached hydrogen (secondary N) is 1. The molecule has 0 unspecified atom stereocenters. The van der Waals surface area contributed by atoms with Crippen molar-refractivity contribution in [3.05, 3.63) is 0 Å². The highest BCUT2D eigenvalue weighted by Gasteiger charge is 2.35. The third-order valence-corrected chi connectivity index (χ3v) is 3.10. The van der Waals surface area contributed by atoms with Crippen LogP contribution in [0.1, 0.15) is 65.2 Å². The Kier molecular flexibility index (Phi) is 8.21. The summed E-state index contributed by atoms with van der Waals surface area (Å²) in [4.78, 5) is 11.3. The van der Waals surface area contributed by atoms with E-state index < -0.39 is 11.5 Å². The summed E-state index contributed by atoms with van der Waals surface area (Å²) >= 11 is 0. The van der Waals surface area contributed by atoms with Crippen LogP contribution in [-0.2, 0) is 4.79 Å². The van der Waals surface area contributed by atoms with Crippen LogP contribution < -0.4 is 11.3 Å². The second kappa shape index (κ2) is 8.53. The van der Waals surface area contributed by atoms with Crippen LogP contribution in [0.5, 0.6) is 0 Å². The first-order valence-electron chi connectivity index (χ1n) is 6.34. The molecule has 0 aliphatic carbocycles. The first-order chi connectivity index (χ1) is 7.63. The lowest BCUT2D eigenvalue weighted by Gasteiger charge is -2.28. The topological polar surface area (TPSA) is 75.3 Å². The molecule has 96 valence electrons. The minimum Gasteiger partial charge on any atom is -0.480 e. The molecule has 0 aromatic carbocycles. The van der Waals surface area contributed by atoms with Gasteiger partial charge in [-0.25, -0.2) is 5.43 Å². The van der Waals surface area contributed by atoms with E-state index in [1.165, 1.54) is 0 Å². The molecule has 0 rings (SSSR count). The minimum atomic E-state index is -0.912. The van der Waals surface area contributed by atoms with Crippen molar-refractivity contribution >= 4 is 5.97 Å². The maximum atomic E-state index is 11.3. The van der Waals surface area contributed by atoms with E-state index in [0.29, 0.717) is 12.8 Å². The number of rotatable bonds is 10. The molecule has 4 heteroatoms. The van der Waals surface area contributed by atoms with Crippen LogP contribution in [-0.4, -0.2) is 16.6 Å². The Hall–Kier alpha value is -0.610. The van der Waals surface area contributed by atoms with Crippen LogP contribution >= 0.6 is 0 Å². The summed E-state index contributed by atoms with van der Waals surface area (Å²) in [7, 11) is 0. The van der Waals surface area contributed by atoms with Crippen LogP contribution in [0, 0.1) is 0 Å². The molecule has 0 heterocycles. The lowest BCUT2D eigenvalue weighted by Crippen LogP contribution is -2.55. The average Bonchev–Trinajstić information content (AvgIpc) is 2.27. The highest BCUT2D eigenvalue weighted by Crippen LogP contribution is 2.22. The predicted octanol–water partition coefficient (Wildman–Crippen LogP) is 2.43. The molecule has 0 aromatic rings. The number of nitrogens with two attached hydrogens (primary N) is 1. The number of unbranched alkanes of at least 4 members (excludes halogenated alkanes) is 4. The molecular weight excluding hydrogens is 204 g/mol. The molecule has 0 bridgehead atoms. The molecule has 0 saturated heterocycles. The van der Waals surface area contributed by atoms with E-state index in [-0.39, 0.29) is 0 Å². The Morgan fingerprint density at radius 1 is 1.12 bits per heavy atom. The van der Waals surface area contributed by atoms with Crippen molar-refractivity contribution in [3.8, 4) is 0 Å². The highest BCUT2D eigenvalue weighted by atomic mass is 16.4. The number of carbonyl (C=O) groups is 1. The Balaban J connectivity index is 4.27. The summed E-state index contributed by atoms with van der Waals surface area (Å²) < 4.78 is 0. The van der Waals surface area contributed by atoms with Crippen molar-refractivity contribution < 1.29 is 9.90 Å². The van der Waals surface area contributed by atoms with Crippen molar-refractivity contribution in [3.63, 3.8) is 0 Å². The van der Waals surface area contributed by atoms with Gasteiger partial charge in [0.2, 0.25) is 0 Å². The van der Waals surface area contributed by atoms with Gasteiger partial charge < -0.3 is 5.11 Å². The lowest BCUT2D eigenvalue weighted by molar-refractivity contribution is -0.145. The largest absolute Gasteiger partial charge is 0.480 e. The highest BCUT2D eigenvalue weighted by molar-refractivity contribution is 5.78. The van der Waals surface area contributed by atoms with E-state index in [4.69, 9.17) is 5.84 Å². The quantitative estimate of drug-likeness (QED) is 0.306. The van der Waals surface area contributed by atoms with Gasteiger partial charge in [0.25, 0.3) is 0 Å². The summed E-state index contributed by atoms with van der Waals surface area (Å²) in [5, 5.41) is 9.28. The summed E-state index contributed by atoms with van der Waals surface area (Å²) in [6.07, 6.45) is 7.38. The molecule has 0 aromatic heterocycles. The van der Waals surface area contributed by atoms with Gasteiger partial charge in [-0.05, 0) is 12.8 Å². The zero-order valence-electron chi connectivity index (χ0n) is 10.6. The molecule has 0 fully saturated rings. The normalized spacial score (nSPS) is 11.7. The van der Waals surface area contributed by atoms with Gasteiger partial charge in [-0.15, -0.1) is 0 Å². The second-order valence-electron chi connectivity index (χ2n) is 4.45. The number of hydrogen-bond donors (Lipinski definition) is 3. The molecule has 4 N–H and O–H groups in total. The zero-order valence-corrected chi connectivity index (χ0v) is 10.6. The molecule has 0 amide bonds. The maximum absolute atomic E-state index is 11.3. The molecule has 0 atom stereocenters. The van der Waals surface area contributed by atoms with Gasteiger partial charge in [0.15, 0.2) is 0 Å². The Morgan fingerprint density at radius 2 is 1.56 bits per heavy atom. The van der Waals surface area contributed by atoms with Crippen molar-refractivity contribution in [2.75, 3.05) is 0 Å². The standard InChI is InChI=1S/C12H26N2O2/c1-3-5-7-9-12(14-13,11(15)16)10-8-6-4-2/h14H,3-10,13H2,1-2H3,(H,15,16). The van der Waals surface area contributed by atoms with Gasteiger partial charge in [0.05, 0.1) is 0 Å². The summed E-state index contributed by atoms with van der Waals surface area (Å²) in [6, 6.07) is 0. The van der Waals surface area contributed by atoms with Crippen LogP contribution in [0.15, 0.2) is 0 Å². The summed E-state index contributed by atoms with van der Waals surface area (Å²) in [5.74, 6) is 4.62. The van der Waals surface area contributed by atoms with Crippen LogP contribution in [0.2, 0.25) is 0 Å². The van der Waals surface area contributed by atoms with Gasteiger partial charge >= 0.3 is 5.97 Å². The minimum absolute atomic E-state index is 0.621. The lowest BCUT2D eigenvalue weighted by atomic mass is 9.87. The second-order valence-corrected chi connectivity index (χ2v) is 4.45. The van der Waals surface area contributed by atoms with E-state index in [0.717, 1.165) is 38.5 Å². The van der Waals surface area contributed by atoms with Gasteiger partial charge in [0, 0.05) is 0 Å². The number of hydrazine groups is 1. The van der Waals surface area contributed by atoms with E-state index in [2.05, 4.69) is 19.3 Å². The van der Waals surface area contributed by atoms with Gasteiger partial charge in [-0.2, -0.15) is 0 Å². The molecule has 16 heavy (non-hydrogen) atoms. The fourth-order valence-corrected chi connectivity index (χ4v) is 1.90.